The van der Waals surface area contributed by atoms with Gasteiger partial charge in [0.15, 0.2) is 0 Å². The van der Waals surface area contributed by atoms with Crippen molar-refractivity contribution >= 4 is 15.9 Å². The largest absolute Gasteiger partial charge is 0.340 e. The van der Waals surface area contributed by atoms with E-state index >= 15 is 0 Å². The molecule has 0 N–H and O–H groups in total. The highest BCUT2D eigenvalue weighted by Gasteiger charge is 2.24. The number of benzene rings is 1. The molecule has 29 heavy (non-hydrogen) atoms. The predicted molar refractivity (Wildman–Crippen MR) is 113 cm³/mol. The summed E-state index contributed by atoms with van der Waals surface area (Å²) in [7, 11) is -2.19. The van der Waals surface area contributed by atoms with Crippen LogP contribution in [0, 0.1) is 11.2 Å². The summed E-state index contributed by atoms with van der Waals surface area (Å²) in [6.07, 6.45) is 1.92. The molecule has 0 spiro atoms. The zero-order valence-corrected chi connectivity index (χ0v) is 18.8. The first-order valence-corrected chi connectivity index (χ1v) is 11.6. The summed E-state index contributed by atoms with van der Waals surface area (Å²) in [5.41, 5.74) is 0.313. The van der Waals surface area contributed by atoms with Crippen LogP contribution in [-0.2, 0) is 14.8 Å². The smallest absolute Gasteiger partial charge is 0.242 e. The maximum Gasteiger partial charge on any atom is 0.242 e. The molecule has 1 heterocycles. The van der Waals surface area contributed by atoms with Gasteiger partial charge >= 0.3 is 0 Å². The van der Waals surface area contributed by atoms with Gasteiger partial charge in [-0.2, -0.15) is 0 Å². The average Bonchev–Trinajstić information content (AvgIpc) is 2.66. The highest BCUT2D eigenvalue weighted by molar-refractivity contribution is 7.89. The van der Waals surface area contributed by atoms with Gasteiger partial charge in [-0.25, -0.2) is 17.1 Å². The Balaban J connectivity index is 1.73. The van der Waals surface area contributed by atoms with E-state index in [1.165, 1.54) is 23.5 Å². The van der Waals surface area contributed by atoms with Crippen LogP contribution in [0.3, 0.4) is 0 Å². The van der Waals surface area contributed by atoms with Crippen molar-refractivity contribution in [3.63, 3.8) is 0 Å². The lowest BCUT2D eigenvalue weighted by Crippen LogP contribution is -2.49. The van der Waals surface area contributed by atoms with Crippen molar-refractivity contribution in [1.29, 1.82) is 0 Å². The van der Waals surface area contributed by atoms with Gasteiger partial charge in [0.1, 0.15) is 5.82 Å². The molecule has 8 heteroatoms. The number of sulfonamides is 1. The van der Waals surface area contributed by atoms with Crippen LogP contribution in [0.15, 0.2) is 29.2 Å². The molecule has 1 amide bonds. The normalized spacial score (nSPS) is 16.4. The number of amides is 1. The molecule has 0 atom stereocenters. The third kappa shape index (κ3) is 7.35. The van der Waals surface area contributed by atoms with Crippen molar-refractivity contribution in [2.24, 2.45) is 5.41 Å². The van der Waals surface area contributed by atoms with Crippen LogP contribution in [0.4, 0.5) is 4.39 Å². The quantitative estimate of drug-likeness (QED) is 0.640. The van der Waals surface area contributed by atoms with Crippen molar-refractivity contribution in [1.82, 2.24) is 14.1 Å². The van der Waals surface area contributed by atoms with Crippen molar-refractivity contribution < 1.29 is 17.6 Å². The van der Waals surface area contributed by atoms with Gasteiger partial charge in [-0.15, -0.1) is 0 Å². The van der Waals surface area contributed by atoms with Crippen LogP contribution in [0.2, 0.25) is 0 Å². The first kappa shape index (κ1) is 23.8. The molecule has 0 aliphatic carbocycles. The number of nitrogens with zero attached hydrogens (tertiary/aromatic N) is 3. The third-order valence-corrected chi connectivity index (χ3v) is 7.16. The molecule has 1 aliphatic rings. The minimum Gasteiger partial charge on any atom is -0.340 e. The molecular weight excluding hydrogens is 393 g/mol. The van der Waals surface area contributed by atoms with Gasteiger partial charge in [0.25, 0.3) is 0 Å². The molecular formula is C21H34FN3O3S. The Labute approximate surface area is 174 Å². The van der Waals surface area contributed by atoms with Gasteiger partial charge in [-0.05, 0) is 49.1 Å². The van der Waals surface area contributed by atoms with E-state index in [0.717, 1.165) is 51.3 Å². The fraction of sp³-hybridized carbons (Fsp3) is 0.667. The number of carbonyl (C=O) groups excluding carboxylic acids is 1. The van der Waals surface area contributed by atoms with Crippen molar-refractivity contribution in [2.45, 2.75) is 44.9 Å². The second-order valence-electron chi connectivity index (χ2n) is 8.92. The highest BCUT2D eigenvalue weighted by atomic mass is 32.2. The Morgan fingerprint density at radius 3 is 2.24 bits per heavy atom. The van der Waals surface area contributed by atoms with E-state index in [0.29, 0.717) is 18.3 Å². The minimum atomic E-state index is -3.67. The first-order valence-electron chi connectivity index (χ1n) is 10.2. The molecule has 0 saturated carbocycles. The zero-order chi connectivity index (χ0) is 21.7. The van der Waals surface area contributed by atoms with Crippen LogP contribution < -0.4 is 0 Å². The van der Waals surface area contributed by atoms with Crippen LogP contribution in [0.1, 0.15) is 40.0 Å². The lowest BCUT2D eigenvalue weighted by atomic mass is 9.92. The maximum atomic E-state index is 13.0. The summed E-state index contributed by atoms with van der Waals surface area (Å²) in [4.78, 5) is 16.8. The van der Waals surface area contributed by atoms with E-state index in [-0.39, 0.29) is 17.3 Å². The molecule has 0 radical (unpaired) electrons. The van der Waals surface area contributed by atoms with E-state index in [1.807, 2.05) is 4.90 Å². The lowest BCUT2D eigenvalue weighted by molar-refractivity contribution is -0.133. The Hall–Kier alpha value is -1.51. The van der Waals surface area contributed by atoms with E-state index in [2.05, 4.69) is 25.7 Å². The first-order chi connectivity index (χ1) is 13.5. The highest BCUT2D eigenvalue weighted by Crippen LogP contribution is 2.19. The predicted octanol–water partition coefficient (Wildman–Crippen LogP) is 2.81. The number of carbonyl (C=O) groups is 1. The average molecular weight is 428 g/mol. The lowest BCUT2D eigenvalue weighted by Gasteiger charge is -2.36. The summed E-state index contributed by atoms with van der Waals surface area (Å²) in [5, 5.41) is 0. The Morgan fingerprint density at radius 2 is 1.69 bits per heavy atom. The fourth-order valence-corrected chi connectivity index (χ4v) is 4.44. The molecule has 1 saturated heterocycles. The van der Waals surface area contributed by atoms with Gasteiger partial charge in [0.2, 0.25) is 15.9 Å². The number of rotatable bonds is 8. The number of hydrogen-bond acceptors (Lipinski definition) is 4. The summed E-state index contributed by atoms with van der Waals surface area (Å²) in [5.74, 6) is -0.399. The fourth-order valence-electron chi connectivity index (χ4n) is 3.23. The second kappa shape index (κ2) is 10.00. The number of halogens is 1. The molecule has 1 aromatic rings. The molecule has 0 bridgehead atoms. The van der Waals surface area contributed by atoms with Gasteiger partial charge in [0.05, 0.1) is 4.90 Å². The summed E-state index contributed by atoms with van der Waals surface area (Å²) >= 11 is 0. The SMILES string of the molecule is CN(CCCC(=O)N1CCN(CCC(C)(C)C)CC1)S(=O)(=O)c1ccc(F)cc1. The van der Waals surface area contributed by atoms with Crippen LogP contribution in [0.5, 0.6) is 0 Å². The van der Waals surface area contributed by atoms with Crippen LogP contribution in [0.25, 0.3) is 0 Å². The Morgan fingerprint density at radius 1 is 1.10 bits per heavy atom. The van der Waals surface area contributed by atoms with Crippen molar-refractivity contribution in [3.8, 4) is 0 Å². The van der Waals surface area contributed by atoms with E-state index in [4.69, 9.17) is 0 Å². The Kier molecular flexibility index (Phi) is 8.19. The molecule has 164 valence electrons. The molecule has 0 unspecified atom stereocenters. The van der Waals surface area contributed by atoms with Gasteiger partial charge in [-0.3, -0.25) is 9.69 Å². The molecule has 6 nitrogen and oxygen atoms in total. The van der Waals surface area contributed by atoms with Gasteiger partial charge in [-0.1, -0.05) is 20.8 Å². The molecule has 1 fully saturated rings. The van der Waals surface area contributed by atoms with Crippen molar-refractivity contribution in [3.05, 3.63) is 30.1 Å². The minimum absolute atomic E-state index is 0.0547. The van der Waals surface area contributed by atoms with Gasteiger partial charge < -0.3 is 4.90 Å². The summed E-state index contributed by atoms with van der Waals surface area (Å²) < 4.78 is 39.2. The summed E-state index contributed by atoms with van der Waals surface area (Å²) in [6, 6.07) is 4.77. The van der Waals surface area contributed by atoms with Gasteiger partial charge in [0, 0.05) is 46.2 Å². The van der Waals surface area contributed by atoms with E-state index < -0.39 is 15.8 Å². The Bertz CT molecular complexity index is 767. The van der Waals surface area contributed by atoms with E-state index in [9.17, 15) is 17.6 Å². The number of piperazine rings is 1. The third-order valence-electron chi connectivity index (χ3n) is 5.29. The topological polar surface area (TPSA) is 60.9 Å². The molecule has 2 rings (SSSR count). The van der Waals surface area contributed by atoms with Crippen LogP contribution in [-0.4, -0.2) is 74.7 Å². The maximum absolute atomic E-state index is 13.0. The number of hydrogen-bond donors (Lipinski definition) is 0. The molecule has 0 aromatic heterocycles. The van der Waals surface area contributed by atoms with Crippen LogP contribution >= 0.6 is 0 Å². The molecule has 1 aliphatic heterocycles. The second-order valence-corrected chi connectivity index (χ2v) is 11.0. The summed E-state index contributed by atoms with van der Waals surface area (Å²) in [6.45, 7) is 11.2. The van der Waals surface area contributed by atoms with Crippen molar-refractivity contribution in [2.75, 3.05) is 46.3 Å². The standard InChI is InChI=1S/C21H34FN3O3S/c1-21(2,3)11-13-24-14-16-25(17-15-24)20(26)6-5-12-23(4)29(27,28)19-9-7-18(22)8-10-19/h7-10H,5-6,11-17H2,1-4H3. The monoisotopic (exact) mass is 427 g/mol. The zero-order valence-electron chi connectivity index (χ0n) is 18.0. The van der Waals surface area contributed by atoms with E-state index in [1.54, 1.807) is 0 Å². The molecule has 1 aromatic carbocycles.